The van der Waals surface area contributed by atoms with Gasteiger partial charge in [-0.15, -0.1) is 0 Å². The van der Waals surface area contributed by atoms with E-state index in [1.807, 2.05) is 7.05 Å². The van der Waals surface area contributed by atoms with Crippen LogP contribution in [-0.4, -0.2) is 31.3 Å². The Bertz CT molecular complexity index is 519. The molecule has 1 amide bonds. The molecule has 0 fully saturated rings. The van der Waals surface area contributed by atoms with Crippen molar-refractivity contribution in [3.8, 4) is 0 Å². The van der Waals surface area contributed by atoms with E-state index in [0.29, 0.717) is 0 Å². The molecule has 0 aromatic heterocycles. The second kappa shape index (κ2) is 11.3. The van der Waals surface area contributed by atoms with E-state index >= 15 is 0 Å². The molecule has 0 saturated heterocycles. The van der Waals surface area contributed by atoms with Crippen LogP contribution < -0.4 is 8.48 Å². The third kappa shape index (κ3) is 6.30. The van der Waals surface area contributed by atoms with Crippen molar-refractivity contribution >= 4 is 33.6 Å². The predicted octanol–water partition coefficient (Wildman–Crippen LogP) is 6.03. The van der Waals surface area contributed by atoms with Crippen molar-refractivity contribution in [2.75, 3.05) is 11.9 Å². The van der Waals surface area contributed by atoms with Crippen LogP contribution in [-0.2, 0) is 4.79 Å². The van der Waals surface area contributed by atoms with E-state index in [1.54, 1.807) is 15.4 Å². The van der Waals surface area contributed by atoms with Crippen LogP contribution in [0.2, 0.25) is 13.3 Å². The molecule has 25 heavy (non-hydrogen) atoms. The van der Waals surface area contributed by atoms with Gasteiger partial charge in [-0.3, -0.25) is 0 Å². The van der Waals surface area contributed by atoms with E-state index in [1.165, 1.54) is 57.4 Å². The third-order valence-electron chi connectivity index (χ3n) is 5.67. The molecule has 0 aliphatic heterocycles. The fraction of sp³-hybridized carbons (Fsp3) is 0.682. The molecule has 0 aliphatic carbocycles. The van der Waals surface area contributed by atoms with Gasteiger partial charge in [0.1, 0.15) is 0 Å². The molecule has 142 valence electrons. The van der Waals surface area contributed by atoms with Crippen molar-refractivity contribution < 1.29 is 4.79 Å². The minimum atomic E-state index is -2.36. The average molecular weight is 452 g/mol. The summed E-state index contributed by atoms with van der Waals surface area (Å²) >= 11 is -2.36. The van der Waals surface area contributed by atoms with E-state index in [2.05, 4.69) is 45.9 Å². The standard InChI is InChI=1S/C10H12NO.3C4H9.Sn/c1-8-6-4-5-7-10(8)11(3)9(2)12;3*1-3-4-2;/h5-7H,1-3H3;3*1,3-4H2,2H3;. The Labute approximate surface area is 160 Å². The van der Waals surface area contributed by atoms with Crippen molar-refractivity contribution in [3.05, 3.63) is 23.8 Å². The third-order valence-corrected chi connectivity index (χ3v) is 21.3. The Morgan fingerprint density at radius 3 is 1.80 bits per heavy atom. The normalized spacial score (nSPS) is 11.6. The minimum absolute atomic E-state index is 0.105. The van der Waals surface area contributed by atoms with Gasteiger partial charge in [0.2, 0.25) is 0 Å². The van der Waals surface area contributed by atoms with Crippen molar-refractivity contribution in [3.63, 3.8) is 0 Å². The van der Waals surface area contributed by atoms with E-state index < -0.39 is 18.4 Å². The van der Waals surface area contributed by atoms with E-state index in [-0.39, 0.29) is 5.91 Å². The number of aryl methyl sites for hydroxylation is 1. The molecule has 1 aromatic rings. The second-order valence-corrected chi connectivity index (χ2v) is 20.9. The number of nitrogens with zero attached hydrogens (tertiary/aromatic N) is 1. The van der Waals surface area contributed by atoms with E-state index in [0.717, 1.165) is 5.69 Å². The molecule has 3 heteroatoms. The first-order valence-electron chi connectivity index (χ1n) is 10.3. The summed E-state index contributed by atoms with van der Waals surface area (Å²) in [6.07, 6.45) is 8.08. The van der Waals surface area contributed by atoms with Gasteiger partial charge >= 0.3 is 161 Å². The van der Waals surface area contributed by atoms with Crippen LogP contribution in [0.1, 0.15) is 71.8 Å². The number of rotatable bonds is 11. The van der Waals surface area contributed by atoms with Gasteiger partial charge in [-0.25, -0.2) is 0 Å². The van der Waals surface area contributed by atoms with Crippen LogP contribution in [0.25, 0.3) is 0 Å². The van der Waals surface area contributed by atoms with Gasteiger partial charge in [0.15, 0.2) is 0 Å². The van der Waals surface area contributed by atoms with Crippen LogP contribution in [0.3, 0.4) is 0 Å². The summed E-state index contributed by atoms with van der Waals surface area (Å²) in [5, 5.41) is 0. The van der Waals surface area contributed by atoms with Crippen LogP contribution in [0.15, 0.2) is 18.2 Å². The van der Waals surface area contributed by atoms with E-state index in [4.69, 9.17) is 0 Å². The Kier molecular flexibility index (Phi) is 10.1. The number of hydrogen-bond acceptors (Lipinski definition) is 1. The quantitative estimate of drug-likeness (QED) is 0.376. The molecule has 0 spiro atoms. The Balaban J connectivity index is 3.26. The maximum absolute atomic E-state index is 11.7. The summed E-state index contributed by atoms with van der Waals surface area (Å²) in [6, 6.07) is 7.05. The van der Waals surface area contributed by atoms with E-state index in [9.17, 15) is 4.79 Å². The van der Waals surface area contributed by atoms with Crippen LogP contribution in [0.4, 0.5) is 5.69 Å². The number of unbranched alkanes of at least 4 members (excludes halogenated alkanes) is 3. The van der Waals surface area contributed by atoms with Gasteiger partial charge in [-0.2, -0.15) is 0 Å². The molecule has 2 nitrogen and oxygen atoms in total. The summed E-state index contributed by atoms with van der Waals surface area (Å²) in [5.74, 6) is 0.105. The second-order valence-electron chi connectivity index (χ2n) is 7.67. The fourth-order valence-electron chi connectivity index (χ4n) is 3.88. The van der Waals surface area contributed by atoms with Gasteiger partial charge in [-0.1, -0.05) is 0 Å². The summed E-state index contributed by atoms with van der Waals surface area (Å²) in [6.45, 7) is 10.8. The molecule has 0 saturated carbocycles. The molecular weight excluding hydrogens is 413 g/mol. The molecule has 0 unspecified atom stereocenters. The average Bonchev–Trinajstić information content (AvgIpc) is 2.60. The maximum atomic E-state index is 11.7. The SMILES string of the molecule is CCC[CH2][Sn]([CH2]CCC)([CH2]CCC)[c]1ccc(N(C)C(C)=O)c(C)c1. The number of amides is 1. The summed E-state index contributed by atoms with van der Waals surface area (Å²) in [4.78, 5) is 13.5. The fourth-order valence-corrected chi connectivity index (χ4v) is 20.1. The first kappa shape index (κ1) is 22.5. The Hall–Kier alpha value is -0.511. The molecule has 0 N–H and O–H groups in total. The Morgan fingerprint density at radius 2 is 1.44 bits per heavy atom. The molecule has 0 heterocycles. The van der Waals surface area contributed by atoms with Crippen molar-refractivity contribution in [1.82, 2.24) is 0 Å². The Morgan fingerprint density at radius 1 is 0.960 bits per heavy atom. The predicted molar refractivity (Wildman–Crippen MR) is 115 cm³/mol. The molecule has 0 atom stereocenters. The molecule has 0 aliphatic rings. The van der Waals surface area contributed by atoms with Crippen molar-refractivity contribution in [1.29, 1.82) is 0 Å². The molecule has 1 rings (SSSR count). The zero-order valence-corrected chi connectivity index (χ0v) is 20.3. The van der Waals surface area contributed by atoms with Gasteiger partial charge < -0.3 is 0 Å². The first-order chi connectivity index (χ1) is 11.9. The zero-order valence-electron chi connectivity index (χ0n) is 17.5. The number of hydrogen-bond donors (Lipinski definition) is 0. The number of carbonyl (C=O) groups excluding carboxylic acids is 1. The topological polar surface area (TPSA) is 20.3 Å². The zero-order chi connectivity index (χ0) is 18.9. The van der Waals surface area contributed by atoms with Crippen LogP contribution >= 0.6 is 0 Å². The van der Waals surface area contributed by atoms with Gasteiger partial charge in [0.05, 0.1) is 0 Å². The number of benzene rings is 1. The van der Waals surface area contributed by atoms with Crippen molar-refractivity contribution in [2.24, 2.45) is 0 Å². The first-order valence-corrected chi connectivity index (χ1v) is 17.8. The summed E-state index contributed by atoms with van der Waals surface area (Å²) < 4.78 is 6.17. The van der Waals surface area contributed by atoms with Gasteiger partial charge in [0, 0.05) is 0 Å². The van der Waals surface area contributed by atoms with Gasteiger partial charge in [0.25, 0.3) is 0 Å². The van der Waals surface area contributed by atoms with Crippen molar-refractivity contribution in [2.45, 2.75) is 86.5 Å². The monoisotopic (exact) mass is 453 g/mol. The van der Waals surface area contributed by atoms with Crippen LogP contribution in [0, 0.1) is 6.92 Å². The van der Waals surface area contributed by atoms with Crippen LogP contribution in [0.5, 0.6) is 0 Å². The molecule has 0 radical (unpaired) electrons. The number of carbonyl (C=O) groups is 1. The molecule has 1 aromatic carbocycles. The molecular formula is C22H39NOSn. The number of anilines is 1. The summed E-state index contributed by atoms with van der Waals surface area (Å²) in [7, 11) is 1.88. The van der Waals surface area contributed by atoms with Gasteiger partial charge in [-0.05, 0) is 0 Å². The summed E-state index contributed by atoms with van der Waals surface area (Å²) in [5.41, 5.74) is 2.33. The molecule has 0 bridgehead atoms.